The number of carbonyl (C=O) groups excluding carboxylic acids is 2. The molecule has 2 aromatic rings. The van der Waals surface area contributed by atoms with Crippen molar-refractivity contribution in [2.75, 3.05) is 19.7 Å². The highest BCUT2D eigenvalue weighted by Gasteiger charge is 2.37. The molecule has 1 aliphatic carbocycles. The average molecular weight is 461 g/mol. The van der Waals surface area contributed by atoms with Crippen LogP contribution in [0.3, 0.4) is 0 Å². The predicted molar refractivity (Wildman–Crippen MR) is 122 cm³/mol. The second-order valence-electron chi connectivity index (χ2n) is 9.73. The lowest BCUT2D eigenvalue weighted by molar-refractivity contribution is -0.149. The quantitative estimate of drug-likeness (QED) is 0.684. The number of hydrogen-bond acceptors (Lipinski definition) is 5. The summed E-state index contributed by atoms with van der Waals surface area (Å²) in [4.78, 5) is 28.7. The maximum atomic E-state index is 13.6. The number of rotatable bonds is 5. The van der Waals surface area contributed by atoms with Crippen LogP contribution < -0.4 is 0 Å². The van der Waals surface area contributed by atoms with Crippen LogP contribution in [0.5, 0.6) is 0 Å². The molecule has 2 heterocycles. The summed E-state index contributed by atoms with van der Waals surface area (Å²) < 4.78 is 33.8. The Balaban J connectivity index is 1.75. The number of nitrogens with one attached hydrogen (secondary N) is 1. The van der Waals surface area contributed by atoms with E-state index in [2.05, 4.69) is 18.8 Å². The van der Waals surface area contributed by atoms with Crippen molar-refractivity contribution in [2.24, 2.45) is 11.3 Å². The van der Waals surface area contributed by atoms with Gasteiger partial charge in [-0.25, -0.2) is 8.42 Å². The summed E-state index contributed by atoms with van der Waals surface area (Å²) in [7, 11) is -3.79. The van der Waals surface area contributed by atoms with Gasteiger partial charge >= 0.3 is 5.97 Å². The van der Waals surface area contributed by atoms with Crippen LogP contribution in [-0.2, 0) is 32.4 Å². The molecule has 0 bridgehead atoms. The minimum Gasteiger partial charge on any atom is -0.466 e. The third-order valence-electron chi connectivity index (χ3n) is 6.63. The van der Waals surface area contributed by atoms with Crippen molar-refractivity contribution >= 4 is 32.7 Å². The van der Waals surface area contributed by atoms with Gasteiger partial charge < -0.3 is 9.72 Å². The van der Waals surface area contributed by atoms with Gasteiger partial charge in [0.1, 0.15) is 0 Å². The van der Waals surface area contributed by atoms with Crippen LogP contribution in [0, 0.1) is 11.3 Å². The van der Waals surface area contributed by atoms with Crippen LogP contribution in [0.4, 0.5) is 0 Å². The summed E-state index contributed by atoms with van der Waals surface area (Å²) in [5.74, 6) is -0.671. The largest absolute Gasteiger partial charge is 0.466 e. The topological polar surface area (TPSA) is 96.5 Å². The Morgan fingerprint density at radius 3 is 2.69 bits per heavy atom. The van der Waals surface area contributed by atoms with E-state index in [1.54, 1.807) is 13.0 Å². The monoisotopic (exact) mass is 460 g/mol. The number of Topliss-reactive ketones (excluding diaryl/α,β-unsaturated/α-hetero) is 1. The SMILES string of the molecule is CCOC(=O)[C@@H]1CCCN(S(=O)(=O)c2cc3[nH]c4c(c3cc2CC)C(=O)CC(C)(C)C4)C1. The van der Waals surface area contributed by atoms with E-state index in [0.29, 0.717) is 48.9 Å². The van der Waals surface area contributed by atoms with Gasteiger partial charge in [-0.3, -0.25) is 9.59 Å². The van der Waals surface area contributed by atoms with E-state index in [0.717, 1.165) is 17.5 Å². The van der Waals surface area contributed by atoms with E-state index >= 15 is 0 Å². The zero-order valence-electron chi connectivity index (χ0n) is 19.3. The molecule has 0 saturated carbocycles. The van der Waals surface area contributed by atoms with Gasteiger partial charge in [-0.05, 0) is 55.7 Å². The van der Waals surface area contributed by atoms with Gasteiger partial charge in [-0.15, -0.1) is 0 Å². The van der Waals surface area contributed by atoms with Crippen molar-refractivity contribution in [2.45, 2.75) is 64.7 Å². The van der Waals surface area contributed by atoms with Gasteiger partial charge in [0, 0.05) is 41.7 Å². The maximum absolute atomic E-state index is 13.6. The molecule has 174 valence electrons. The summed E-state index contributed by atoms with van der Waals surface area (Å²) in [5.41, 5.74) is 2.84. The summed E-state index contributed by atoms with van der Waals surface area (Å²) >= 11 is 0. The summed E-state index contributed by atoms with van der Waals surface area (Å²) in [6.45, 7) is 8.61. The molecule has 1 N–H and O–H groups in total. The predicted octanol–water partition coefficient (Wildman–Crippen LogP) is 3.85. The Morgan fingerprint density at radius 2 is 2.00 bits per heavy atom. The van der Waals surface area contributed by atoms with Crippen molar-refractivity contribution < 1.29 is 22.7 Å². The van der Waals surface area contributed by atoms with Gasteiger partial charge in [0.2, 0.25) is 10.0 Å². The zero-order chi connectivity index (χ0) is 23.3. The van der Waals surface area contributed by atoms with Crippen LogP contribution in [0.25, 0.3) is 10.9 Å². The molecule has 2 aliphatic rings. The van der Waals surface area contributed by atoms with E-state index < -0.39 is 15.9 Å². The lowest BCUT2D eigenvalue weighted by atomic mass is 9.76. The van der Waals surface area contributed by atoms with Crippen molar-refractivity contribution in [3.8, 4) is 0 Å². The van der Waals surface area contributed by atoms with Crippen molar-refractivity contribution in [3.63, 3.8) is 0 Å². The summed E-state index contributed by atoms with van der Waals surface area (Å²) in [6.07, 6.45) is 3.01. The Bertz CT molecular complexity index is 1180. The Morgan fingerprint density at radius 1 is 1.25 bits per heavy atom. The van der Waals surface area contributed by atoms with Gasteiger partial charge in [-0.1, -0.05) is 20.8 Å². The molecule has 0 spiro atoms. The van der Waals surface area contributed by atoms with E-state index in [-0.39, 0.29) is 35.2 Å². The van der Waals surface area contributed by atoms with Crippen LogP contribution >= 0.6 is 0 Å². The Hall–Kier alpha value is -2.19. The fourth-order valence-corrected chi connectivity index (χ4v) is 6.93. The number of aromatic amines is 1. The molecule has 0 radical (unpaired) electrons. The molecule has 7 nitrogen and oxygen atoms in total. The number of nitrogens with zero attached hydrogens (tertiary/aromatic N) is 1. The first-order chi connectivity index (χ1) is 15.1. The number of sulfonamides is 1. The number of piperidine rings is 1. The maximum Gasteiger partial charge on any atom is 0.310 e. The van der Waals surface area contributed by atoms with Crippen LogP contribution in [0.1, 0.15) is 68.6 Å². The first-order valence-electron chi connectivity index (χ1n) is 11.4. The second-order valence-corrected chi connectivity index (χ2v) is 11.6. The van der Waals surface area contributed by atoms with Gasteiger partial charge in [0.15, 0.2) is 5.78 Å². The number of ketones is 1. The first-order valence-corrected chi connectivity index (χ1v) is 12.9. The molecule has 1 aromatic carbocycles. The van der Waals surface area contributed by atoms with Crippen molar-refractivity contribution in [1.29, 1.82) is 0 Å². The summed E-state index contributed by atoms with van der Waals surface area (Å²) in [6, 6.07) is 3.54. The standard InChI is InChI=1S/C24H32N2O5S/c1-5-15-10-17-18(25-19-12-24(3,4)13-20(27)22(17)19)11-21(15)32(29,30)26-9-7-8-16(14-26)23(28)31-6-2/h10-11,16,25H,5-9,12-14H2,1-4H3/t16-/m1/s1. The van der Waals surface area contributed by atoms with Crippen LogP contribution in [0.2, 0.25) is 0 Å². The van der Waals surface area contributed by atoms with Crippen molar-refractivity contribution in [1.82, 2.24) is 9.29 Å². The smallest absolute Gasteiger partial charge is 0.310 e. The van der Waals surface area contributed by atoms with Gasteiger partial charge in [-0.2, -0.15) is 4.31 Å². The lowest BCUT2D eigenvalue weighted by Crippen LogP contribution is -2.43. The molecule has 32 heavy (non-hydrogen) atoms. The number of carbonyl (C=O) groups is 2. The molecule has 8 heteroatoms. The minimum absolute atomic E-state index is 0.105. The number of hydrogen-bond donors (Lipinski definition) is 1. The number of ether oxygens (including phenoxy) is 1. The number of benzene rings is 1. The average Bonchev–Trinajstić information content (AvgIpc) is 3.09. The highest BCUT2D eigenvalue weighted by molar-refractivity contribution is 7.89. The number of fused-ring (bicyclic) bond motifs is 3. The molecule has 1 aliphatic heterocycles. The molecular formula is C24H32N2O5S. The fourth-order valence-electron chi connectivity index (χ4n) is 5.11. The van der Waals surface area contributed by atoms with Crippen LogP contribution in [0.15, 0.2) is 17.0 Å². The van der Waals surface area contributed by atoms with Crippen molar-refractivity contribution in [3.05, 3.63) is 29.0 Å². The summed E-state index contributed by atoms with van der Waals surface area (Å²) in [5, 5.41) is 0.805. The van der Waals surface area contributed by atoms with E-state index in [4.69, 9.17) is 4.74 Å². The Kier molecular flexibility index (Phi) is 5.96. The third-order valence-corrected chi connectivity index (χ3v) is 8.58. The van der Waals surface area contributed by atoms with Gasteiger partial charge in [0.05, 0.1) is 17.4 Å². The normalized spacial score (nSPS) is 21.5. The lowest BCUT2D eigenvalue weighted by Gasteiger charge is -2.31. The molecule has 0 amide bonds. The number of esters is 1. The molecule has 0 unspecified atom stereocenters. The van der Waals surface area contributed by atoms with E-state index in [1.165, 1.54) is 4.31 Å². The highest BCUT2D eigenvalue weighted by Crippen LogP contribution is 2.39. The fraction of sp³-hybridized carbons (Fsp3) is 0.583. The minimum atomic E-state index is -3.79. The van der Waals surface area contributed by atoms with E-state index in [9.17, 15) is 18.0 Å². The molecular weight excluding hydrogens is 428 g/mol. The third kappa shape index (κ3) is 3.99. The molecule has 1 atom stereocenters. The van der Waals surface area contributed by atoms with E-state index in [1.807, 2.05) is 13.0 Å². The van der Waals surface area contributed by atoms with Gasteiger partial charge in [0.25, 0.3) is 0 Å². The van der Waals surface area contributed by atoms with Crippen LogP contribution in [-0.4, -0.2) is 49.2 Å². The molecule has 4 rings (SSSR count). The number of aromatic nitrogens is 1. The Labute approximate surface area is 189 Å². The highest BCUT2D eigenvalue weighted by atomic mass is 32.2. The molecule has 1 aromatic heterocycles. The number of aryl methyl sites for hydroxylation is 1. The number of H-pyrrole nitrogens is 1. The molecule has 1 saturated heterocycles. The zero-order valence-corrected chi connectivity index (χ0v) is 20.1. The second kappa shape index (κ2) is 8.30. The molecule has 1 fully saturated rings. The first kappa shape index (κ1) is 23.0.